The number of rotatable bonds is 4. The van der Waals surface area contributed by atoms with Crippen molar-refractivity contribution in [2.75, 3.05) is 6.61 Å². The van der Waals surface area contributed by atoms with Crippen molar-refractivity contribution in [3.05, 3.63) is 45.4 Å². The van der Waals surface area contributed by atoms with Gasteiger partial charge in [0.1, 0.15) is 10.8 Å². The minimum Gasteiger partial charge on any atom is -0.493 e. The molecule has 0 bridgehead atoms. The van der Waals surface area contributed by atoms with Gasteiger partial charge in [-0.2, -0.15) is 0 Å². The second-order valence-electron chi connectivity index (χ2n) is 6.28. The maximum Gasteiger partial charge on any atom is 0.189 e. The van der Waals surface area contributed by atoms with E-state index in [0.29, 0.717) is 25.0 Å². The minimum absolute atomic E-state index is 0. The molecule has 1 atom stereocenters. The molecule has 1 unspecified atom stereocenters. The first-order valence-electron chi connectivity index (χ1n) is 8.29. The zero-order valence-corrected chi connectivity index (χ0v) is 17.9. The van der Waals surface area contributed by atoms with Crippen LogP contribution in [0.25, 0.3) is 0 Å². The zero-order valence-electron chi connectivity index (χ0n) is 14.8. The van der Waals surface area contributed by atoms with Gasteiger partial charge in [-0.1, -0.05) is 32.0 Å². The second-order valence-corrected chi connectivity index (χ2v) is 7.56. The van der Waals surface area contributed by atoms with Gasteiger partial charge in [0.05, 0.1) is 24.9 Å². The average molecular weight is 472 g/mol. The normalized spacial score (nSPS) is 16.8. The van der Waals surface area contributed by atoms with Crippen molar-refractivity contribution in [1.82, 2.24) is 10.3 Å². The van der Waals surface area contributed by atoms with Gasteiger partial charge in [0.15, 0.2) is 5.96 Å². The van der Waals surface area contributed by atoms with Crippen LogP contribution in [0, 0.1) is 6.92 Å². The maximum absolute atomic E-state index is 6.09. The van der Waals surface area contributed by atoms with E-state index in [1.165, 1.54) is 4.88 Å². The summed E-state index contributed by atoms with van der Waals surface area (Å²) < 4.78 is 5.67. The Labute approximate surface area is 170 Å². The molecule has 3 N–H and O–H groups in total. The summed E-state index contributed by atoms with van der Waals surface area (Å²) in [6.07, 6.45) is 0.876. The molecule has 0 saturated carbocycles. The molecule has 0 amide bonds. The van der Waals surface area contributed by atoms with Crippen LogP contribution in [0.1, 0.15) is 53.4 Å². The number of nitrogens with one attached hydrogen (secondary N) is 1. The van der Waals surface area contributed by atoms with Gasteiger partial charge in [0, 0.05) is 16.9 Å². The molecule has 7 heteroatoms. The summed E-state index contributed by atoms with van der Waals surface area (Å²) in [6, 6.07) is 8.20. The fourth-order valence-corrected chi connectivity index (χ4v) is 3.95. The Balaban J connectivity index is 0.00000225. The lowest BCUT2D eigenvalue weighted by molar-refractivity contribution is 0.262. The third-order valence-corrected chi connectivity index (χ3v) is 5.06. The molecule has 1 aromatic heterocycles. The molecule has 0 spiro atoms. The third kappa shape index (κ3) is 4.84. The predicted octanol–water partition coefficient (Wildman–Crippen LogP) is 4.12. The Morgan fingerprint density at radius 1 is 1.44 bits per heavy atom. The maximum atomic E-state index is 6.09. The summed E-state index contributed by atoms with van der Waals surface area (Å²) in [5.74, 6) is 1.81. The van der Waals surface area contributed by atoms with Gasteiger partial charge in [0.2, 0.25) is 0 Å². The van der Waals surface area contributed by atoms with Gasteiger partial charge < -0.3 is 15.8 Å². The van der Waals surface area contributed by atoms with Crippen molar-refractivity contribution >= 4 is 41.3 Å². The highest BCUT2D eigenvalue weighted by molar-refractivity contribution is 14.0. The van der Waals surface area contributed by atoms with Crippen LogP contribution in [-0.4, -0.2) is 17.6 Å². The highest BCUT2D eigenvalue weighted by atomic mass is 127. The van der Waals surface area contributed by atoms with E-state index in [1.54, 1.807) is 11.3 Å². The summed E-state index contributed by atoms with van der Waals surface area (Å²) in [7, 11) is 0. The molecular formula is C18H25IN4OS. The number of hydrogen-bond donors (Lipinski definition) is 2. The number of guanidine groups is 1. The number of aliphatic imine (C=N–C) groups is 1. The van der Waals surface area contributed by atoms with Gasteiger partial charge in [-0.3, -0.25) is 0 Å². The number of halogens is 1. The summed E-state index contributed by atoms with van der Waals surface area (Å²) in [5, 5.41) is 4.32. The summed E-state index contributed by atoms with van der Waals surface area (Å²) in [4.78, 5) is 10.4. The number of aromatic nitrogens is 1. The van der Waals surface area contributed by atoms with E-state index in [-0.39, 0.29) is 30.0 Å². The number of benzene rings is 1. The summed E-state index contributed by atoms with van der Waals surface area (Å²) in [5.41, 5.74) is 8.38. The monoisotopic (exact) mass is 472 g/mol. The lowest BCUT2D eigenvalue weighted by atomic mass is 10.0. The van der Waals surface area contributed by atoms with E-state index in [9.17, 15) is 0 Å². The van der Waals surface area contributed by atoms with Crippen molar-refractivity contribution < 1.29 is 4.74 Å². The number of aryl methyl sites for hydroxylation is 1. The third-order valence-electron chi connectivity index (χ3n) is 4.09. The Hall–Kier alpha value is -1.35. The van der Waals surface area contributed by atoms with Crippen LogP contribution in [0.15, 0.2) is 29.3 Å². The molecule has 136 valence electrons. The molecule has 0 fully saturated rings. The van der Waals surface area contributed by atoms with Crippen molar-refractivity contribution in [2.45, 2.75) is 45.7 Å². The largest absolute Gasteiger partial charge is 0.493 e. The first-order valence-corrected chi connectivity index (χ1v) is 9.10. The van der Waals surface area contributed by atoms with E-state index < -0.39 is 0 Å². The number of thiazole rings is 1. The molecule has 3 rings (SSSR count). The number of para-hydroxylation sites is 1. The van der Waals surface area contributed by atoms with Gasteiger partial charge in [0.25, 0.3) is 0 Å². The molecule has 0 saturated heterocycles. The topological polar surface area (TPSA) is 72.5 Å². The number of nitrogens with zero attached hydrogens (tertiary/aromatic N) is 2. The van der Waals surface area contributed by atoms with Crippen LogP contribution < -0.4 is 15.8 Å². The second kappa shape index (κ2) is 8.84. The first kappa shape index (κ1) is 20.0. The molecule has 5 nitrogen and oxygen atoms in total. The smallest absolute Gasteiger partial charge is 0.189 e. The highest BCUT2D eigenvalue weighted by Crippen LogP contribution is 2.31. The van der Waals surface area contributed by atoms with Crippen molar-refractivity contribution in [3.8, 4) is 5.75 Å². The molecule has 0 radical (unpaired) electrons. The van der Waals surface area contributed by atoms with Gasteiger partial charge >= 0.3 is 0 Å². The van der Waals surface area contributed by atoms with Crippen molar-refractivity contribution in [2.24, 2.45) is 10.7 Å². The Morgan fingerprint density at radius 3 is 2.92 bits per heavy atom. The van der Waals surface area contributed by atoms with Crippen molar-refractivity contribution in [1.29, 1.82) is 0 Å². The first-order chi connectivity index (χ1) is 11.5. The Kier molecular flexibility index (Phi) is 7.06. The molecule has 1 aliphatic heterocycles. The molecule has 0 aliphatic carbocycles. The molecule has 25 heavy (non-hydrogen) atoms. The van der Waals surface area contributed by atoms with Gasteiger partial charge in [-0.15, -0.1) is 35.3 Å². The van der Waals surface area contributed by atoms with E-state index >= 15 is 0 Å². The number of hydrogen-bond acceptors (Lipinski definition) is 4. The van der Waals surface area contributed by atoms with E-state index in [1.807, 2.05) is 18.2 Å². The molecule has 2 heterocycles. The summed E-state index contributed by atoms with van der Waals surface area (Å²) >= 11 is 1.70. The van der Waals surface area contributed by atoms with E-state index in [0.717, 1.165) is 28.4 Å². The Bertz CT molecular complexity index is 744. The SMILES string of the molecule is Cc1sc(CN=C(N)NC2CCOc3ccccc32)nc1C(C)C.I. The molecule has 1 aliphatic rings. The van der Waals surface area contributed by atoms with Crippen molar-refractivity contribution in [3.63, 3.8) is 0 Å². The standard InChI is InChI=1S/C18H24N4OS.HI/c1-11(2)17-12(3)24-16(22-17)10-20-18(19)21-14-8-9-23-15-7-5-4-6-13(14)15;/h4-7,11,14H,8-10H2,1-3H3,(H3,19,20,21);1H. The quantitative estimate of drug-likeness (QED) is 0.399. The van der Waals surface area contributed by atoms with E-state index in [2.05, 4.69) is 42.1 Å². The number of ether oxygens (including phenoxy) is 1. The van der Waals surface area contributed by atoms with Gasteiger partial charge in [-0.25, -0.2) is 9.98 Å². The lowest BCUT2D eigenvalue weighted by Crippen LogP contribution is -2.37. The molecular weight excluding hydrogens is 447 g/mol. The minimum atomic E-state index is 0. The fraction of sp³-hybridized carbons (Fsp3) is 0.444. The fourth-order valence-electron chi connectivity index (χ4n) is 2.94. The molecule has 2 aromatic rings. The van der Waals surface area contributed by atoms with Crippen LogP contribution in [0.3, 0.4) is 0 Å². The lowest BCUT2D eigenvalue weighted by Gasteiger charge is -2.26. The van der Waals surface area contributed by atoms with E-state index in [4.69, 9.17) is 10.5 Å². The van der Waals surface area contributed by atoms with Crippen LogP contribution in [0.4, 0.5) is 0 Å². The average Bonchev–Trinajstić information content (AvgIpc) is 2.94. The summed E-state index contributed by atoms with van der Waals surface area (Å²) in [6.45, 7) is 7.63. The highest BCUT2D eigenvalue weighted by Gasteiger charge is 2.21. The Morgan fingerprint density at radius 2 is 2.20 bits per heavy atom. The predicted molar refractivity (Wildman–Crippen MR) is 114 cm³/mol. The van der Waals surface area contributed by atoms with Crippen LogP contribution >= 0.6 is 35.3 Å². The van der Waals surface area contributed by atoms with Crippen LogP contribution in [0.5, 0.6) is 5.75 Å². The number of nitrogens with two attached hydrogens (primary N) is 1. The van der Waals surface area contributed by atoms with Gasteiger partial charge in [-0.05, 0) is 18.9 Å². The molecule has 1 aromatic carbocycles. The van der Waals surface area contributed by atoms with Crippen LogP contribution in [-0.2, 0) is 6.54 Å². The van der Waals surface area contributed by atoms with Crippen LogP contribution in [0.2, 0.25) is 0 Å². The zero-order chi connectivity index (χ0) is 17.1. The number of fused-ring (bicyclic) bond motifs is 1.